The Hall–Kier alpha value is -3.40. The molecule has 0 saturated carbocycles. The monoisotopic (exact) mass is 473 g/mol. The van der Waals surface area contributed by atoms with E-state index in [1.807, 2.05) is 30.3 Å². The zero-order valence-electron chi connectivity index (χ0n) is 19.1. The van der Waals surface area contributed by atoms with Crippen LogP contribution in [0.15, 0.2) is 54.6 Å². The van der Waals surface area contributed by atoms with Crippen LogP contribution in [0.2, 0.25) is 0 Å². The van der Waals surface area contributed by atoms with Gasteiger partial charge in [-0.3, -0.25) is 14.5 Å². The number of fused-ring (bicyclic) bond motifs is 1. The molecule has 5 nitrogen and oxygen atoms in total. The summed E-state index contributed by atoms with van der Waals surface area (Å²) < 4.78 is 5.98. The Morgan fingerprint density at radius 2 is 2.00 bits per heavy atom. The maximum Gasteiger partial charge on any atom is 0.304 e. The van der Waals surface area contributed by atoms with Crippen molar-refractivity contribution in [1.82, 2.24) is 4.90 Å². The van der Waals surface area contributed by atoms with E-state index in [1.165, 1.54) is 16.0 Å². The number of aldehydes is 1. The summed E-state index contributed by atoms with van der Waals surface area (Å²) in [5.74, 6) is 5.33. The molecule has 0 bridgehead atoms. The van der Waals surface area contributed by atoms with Crippen LogP contribution in [0.1, 0.15) is 56.1 Å². The molecule has 1 aliphatic rings. The molecule has 6 heteroatoms. The minimum atomic E-state index is -0.862. The first-order chi connectivity index (χ1) is 16.5. The van der Waals surface area contributed by atoms with Crippen LogP contribution in [0.25, 0.3) is 0 Å². The molecule has 3 aromatic rings. The molecule has 0 spiro atoms. The lowest BCUT2D eigenvalue weighted by molar-refractivity contribution is -0.137. The zero-order valence-corrected chi connectivity index (χ0v) is 19.9. The van der Waals surface area contributed by atoms with Crippen molar-refractivity contribution in [2.75, 3.05) is 6.54 Å². The number of benzene rings is 2. The van der Waals surface area contributed by atoms with E-state index in [0.717, 1.165) is 54.1 Å². The summed E-state index contributed by atoms with van der Waals surface area (Å²) in [5, 5.41) is 9.11. The molecule has 1 N–H and O–H groups in total. The third kappa shape index (κ3) is 6.13. The van der Waals surface area contributed by atoms with Gasteiger partial charge in [-0.25, -0.2) is 0 Å². The Kier molecular flexibility index (Phi) is 7.79. The van der Waals surface area contributed by atoms with E-state index in [1.54, 1.807) is 18.3 Å². The molecule has 34 heavy (non-hydrogen) atoms. The van der Waals surface area contributed by atoms with Gasteiger partial charge in [0, 0.05) is 24.5 Å². The lowest BCUT2D eigenvalue weighted by Crippen LogP contribution is -2.29. The predicted molar refractivity (Wildman–Crippen MR) is 133 cm³/mol. The molecular formula is C28H27NO4S. The fourth-order valence-electron chi connectivity index (χ4n) is 4.25. The summed E-state index contributed by atoms with van der Waals surface area (Å²) in [7, 11) is 0. The fraction of sp³-hybridized carbons (Fsp3) is 0.286. The molecule has 1 aliphatic heterocycles. The third-order valence-electron chi connectivity index (χ3n) is 5.86. The summed E-state index contributed by atoms with van der Waals surface area (Å²) in [5.41, 5.74) is 4.48. The van der Waals surface area contributed by atoms with Crippen molar-refractivity contribution < 1.29 is 19.4 Å². The van der Waals surface area contributed by atoms with Gasteiger partial charge >= 0.3 is 5.97 Å². The summed E-state index contributed by atoms with van der Waals surface area (Å²) in [6.45, 7) is 4.90. The molecule has 174 valence electrons. The van der Waals surface area contributed by atoms with Crippen LogP contribution in [-0.2, 0) is 30.9 Å². The van der Waals surface area contributed by atoms with Gasteiger partial charge in [0.25, 0.3) is 0 Å². The highest BCUT2D eigenvalue weighted by Gasteiger charge is 2.19. The molecule has 4 rings (SSSR count). The summed E-state index contributed by atoms with van der Waals surface area (Å²) >= 11 is 1.61. The molecule has 2 aromatic carbocycles. The SMILES string of the molecule is CC#CC(CC(=O)O)c1ccc(OCc2cccc(CN3CCc4sc(C=O)cc4C3)c2)cc1. The number of nitrogens with zero attached hydrogens (tertiary/aromatic N) is 1. The highest BCUT2D eigenvalue weighted by atomic mass is 32.1. The predicted octanol–water partition coefficient (Wildman–Crippen LogP) is 5.28. The highest BCUT2D eigenvalue weighted by molar-refractivity contribution is 7.13. The number of carbonyl (C=O) groups excluding carboxylic acids is 1. The van der Waals surface area contributed by atoms with E-state index in [-0.39, 0.29) is 12.3 Å². The number of thiophene rings is 1. The van der Waals surface area contributed by atoms with Gasteiger partial charge in [-0.05, 0) is 53.8 Å². The van der Waals surface area contributed by atoms with Gasteiger partial charge in [0.1, 0.15) is 12.4 Å². The Bertz CT molecular complexity index is 1220. The molecular weight excluding hydrogens is 446 g/mol. The average Bonchev–Trinajstić information content (AvgIpc) is 3.25. The van der Waals surface area contributed by atoms with Crippen molar-refractivity contribution in [3.63, 3.8) is 0 Å². The van der Waals surface area contributed by atoms with Crippen molar-refractivity contribution in [3.8, 4) is 17.6 Å². The van der Waals surface area contributed by atoms with E-state index in [2.05, 4.69) is 41.0 Å². The number of carboxylic acid groups (broad SMARTS) is 1. The number of carbonyl (C=O) groups is 2. The normalized spacial score (nSPS) is 13.9. The molecule has 0 saturated heterocycles. The van der Waals surface area contributed by atoms with Crippen LogP contribution in [0.3, 0.4) is 0 Å². The molecule has 0 radical (unpaired) electrons. The van der Waals surface area contributed by atoms with Gasteiger partial charge in [-0.15, -0.1) is 17.3 Å². The number of hydrogen-bond acceptors (Lipinski definition) is 5. The number of rotatable bonds is 9. The van der Waals surface area contributed by atoms with Crippen LogP contribution in [0.5, 0.6) is 5.75 Å². The fourth-order valence-corrected chi connectivity index (χ4v) is 5.23. The number of ether oxygens (including phenoxy) is 1. The minimum absolute atomic E-state index is 0.0170. The first kappa shape index (κ1) is 23.7. The van der Waals surface area contributed by atoms with E-state index >= 15 is 0 Å². The minimum Gasteiger partial charge on any atom is -0.489 e. The maximum atomic E-state index is 11.1. The smallest absolute Gasteiger partial charge is 0.304 e. The van der Waals surface area contributed by atoms with Crippen LogP contribution in [0.4, 0.5) is 0 Å². The van der Waals surface area contributed by atoms with Crippen molar-refractivity contribution in [2.45, 2.75) is 45.4 Å². The number of hydrogen-bond donors (Lipinski definition) is 1. The van der Waals surface area contributed by atoms with E-state index in [4.69, 9.17) is 9.84 Å². The quantitative estimate of drug-likeness (QED) is 0.338. The van der Waals surface area contributed by atoms with E-state index in [0.29, 0.717) is 6.61 Å². The van der Waals surface area contributed by atoms with Gasteiger partial charge in [0.2, 0.25) is 0 Å². The molecule has 1 unspecified atom stereocenters. The lowest BCUT2D eigenvalue weighted by atomic mass is 9.96. The Labute approximate surface area is 204 Å². The van der Waals surface area contributed by atoms with Crippen molar-refractivity contribution in [3.05, 3.63) is 86.6 Å². The van der Waals surface area contributed by atoms with E-state index in [9.17, 15) is 9.59 Å². The second-order valence-corrected chi connectivity index (χ2v) is 9.57. The Balaban J connectivity index is 1.34. The average molecular weight is 474 g/mol. The summed E-state index contributed by atoms with van der Waals surface area (Å²) in [6.07, 6.45) is 1.92. The van der Waals surface area contributed by atoms with E-state index < -0.39 is 5.97 Å². The zero-order chi connectivity index (χ0) is 23.9. The van der Waals surface area contributed by atoms with Crippen LogP contribution in [0, 0.1) is 11.8 Å². The van der Waals surface area contributed by atoms with Gasteiger partial charge < -0.3 is 9.84 Å². The van der Waals surface area contributed by atoms with Crippen molar-refractivity contribution >= 4 is 23.6 Å². The number of aliphatic carboxylic acids is 1. The third-order valence-corrected chi connectivity index (χ3v) is 7.03. The number of carboxylic acids is 1. The second kappa shape index (κ2) is 11.1. The molecule has 0 aliphatic carbocycles. The van der Waals surface area contributed by atoms with Crippen molar-refractivity contribution in [2.24, 2.45) is 0 Å². The first-order valence-electron chi connectivity index (χ1n) is 11.3. The molecule has 0 amide bonds. The largest absolute Gasteiger partial charge is 0.489 e. The highest BCUT2D eigenvalue weighted by Crippen LogP contribution is 2.28. The molecule has 1 aromatic heterocycles. The van der Waals surface area contributed by atoms with Gasteiger partial charge in [-0.1, -0.05) is 42.3 Å². The van der Waals surface area contributed by atoms with Crippen LogP contribution in [-0.4, -0.2) is 28.8 Å². The summed E-state index contributed by atoms with van der Waals surface area (Å²) in [6, 6.07) is 17.9. The molecule has 0 fully saturated rings. The second-order valence-electron chi connectivity index (χ2n) is 8.40. The Morgan fingerprint density at radius 3 is 2.74 bits per heavy atom. The standard InChI is InChI=1S/C28H27NO4S/c1-2-4-23(15-28(31)32)22-7-9-25(10-8-22)33-19-21-6-3-5-20(13-21)16-29-12-11-27-24(17-29)14-26(18-30)34-27/h3,5-10,13-14,18,23H,11-12,15-17,19H2,1H3,(H,31,32). The molecule has 2 heterocycles. The summed E-state index contributed by atoms with van der Waals surface area (Å²) in [4.78, 5) is 26.7. The topological polar surface area (TPSA) is 66.8 Å². The van der Waals surface area contributed by atoms with Gasteiger partial charge in [-0.2, -0.15) is 0 Å². The van der Waals surface area contributed by atoms with Crippen LogP contribution >= 0.6 is 11.3 Å². The Morgan fingerprint density at radius 1 is 1.21 bits per heavy atom. The first-order valence-corrected chi connectivity index (χ1v) is 12.1. The van der Waals surface area contributed by atoms with Gasteiger partial charge in [0.15, 0.2) is 6.29 Å². The van der Waals surface area contributed by atoms with Crippen molar-refractivity contribution in [1.29, 1.82) is 0 Å². The van der Waals surface area contributed by atoms with Gasteiger partial charge in [0.05, 0.1) is 17.2 Å². The van der Waals surface area contributed by atoms with Crippen LogP contribution < -0.4 is 4.74 Å². The maximum absolute atomic E-state index is 11.1. The molecule has 1 atom stereocenters. The lowest BCUT2D eigenvalue weighted by Gasteiger charge is -2.26.